The Morgan fingerprint density at radius 3 is 2.57 bits per heavy atom. The lowest BCUT2D eigenvalue weighted by atomic mass is 9.82. The van der Waals surface area contributed by atoms with Crippen LogP contribution in [-0.2, 0) is 12.6 Å². The number of imidazole rings is 1. The smallest absolute Gasteiger partial charge is 0.258 e. The third kappa shape index (κ3) is 3.84. The van der Waals surface area contributed by atoms with E-state index in [2.05, 4.69) is 20.9 Å². The first-order chi connectivity index (χ1) is 17.0. The van der Waals surface area contributed by atoms with Gasteiger partial charge in [-0.3, -0.25) is 0 Å². The van der Waals surface area contributed by atoms with E-state index in [4.69, 9.17) is 16.0 Å². The molecule has 8 heteroatoms. The van der Waals surface area contributed by atoms with Crippen LogP contribution in [0.25, 0.3) is 15.7 Å². The van der Waals surface area contributed by atoms with Crippen LogP contribution < -0.4 is 9.47 Å². The molecule has 1 aliphatic rings. The second-order valence-electron chi connectivity index (χ2n) is 8.68. The highest BCUT2D eigenvalue weighted by Crippen LogP contribution is 2.41. The largest absolute Gasteiger partial charge is 0.487 e. The van der Waals surface area contributed by atoms with Crippen molar-refractivity contribution in [2.24, 2.45) is 13.0 Å². The molecule has 0 radical (unpaired) electrons. The van der Waals surface area contributed by atoms with Crippen molar-refractivity contribution in [1.29, 1.82) is 5.26 Å². The van der Waals surface area contributed by atoms with E-state index in [-0.39, 0.29) is 5.88 Å². The van der Waals surface area contributed by atoms with E-state index in [0.29, 0.717) is 57.2 Å². The van der Waals surface area contributed by atoms with Gasteiger partial charge in [0.15, 0.2) is 17.0 Å². The third-order valence-corrected chi connectivity index (χ3v) is 6.39. The summed E-state index contributed by atoms with van der Waals surface area (Å²) in [5, 5.41) is 22.9. The molecule has 2 heterocycles. The molecule has 1 atom stereocenters. The second-order valence-corrected chi connectivity index (χ2v) is 8.68. The van der Waals surface area contributed by atoms with Gasteiger partial charge in [0.05, 0.1) is 44.0 Å². The number of nitriles is 1. The highest BCUT2D eigenvalue weighted by molar-refractivity contribution is 5.89. The van der Waals surface area contributed by atoms with E-state index in [1.54, 1.807) is 66.6 Å². The minimum absolute atomic E-state index is 0.263. The lowest BCUT2D eigenvalue weighted by Crippen LogP contribution is -2.31. The van der Waals surface area contributed by atoms with Gasteiger partial charge in [0, 0.05) is 12.4 Å². The van der Waals surface area contributed by atoms with Crippen LogP contribution in [0.15, 0.2) is 55.0 Å². The topological polar surface area (TPSA) is 97.6 Å². The molecule has 1 unspecified atom stereocenters. The van der Waals surface area contributed by atoms with Gasteiger partial charge in [-0.2, -0.15) is 5.26 Å². The van der Waals surface area contributed by atoms with E-state index in [9.17, 15) is 10.4 Å². The van der Waals surface area contributed by atoms with Crippen LogP contribution in [0.5, 0.6) is 11.6 Å². The minimum atomic E-state index is -1.60. The Kier molecular flexibility index (Phi) is 5.60. The quantitative estimate of drug-likeness (QED) is 0.405. The zero-order valence-electron chi connectivity index (χ0n) is 19.4. The predicted molar refractivity (Wildman–Crippen MR) is 129 cm³/mol. The monoisotopic (exact) mass is 465 g/mol. The summed E-state index contributed by atoms with van der Waals surface area (Å²) in [4.78, 5) is 12.2. The van der Waals surface area contributed by atoms with E-state index in [0.717, 1.165) is 12.8 Å². The Hall–Kier alpha value is -4.40. The first kappa shape index (κ1) is 22.4. The summed E-state index contributed by atoms with van der Waals surface area (Å²) in [6, 6.07) is 14.3. The first-order valence-electron chi connectivity index (χ1n) is 11.2. The Bertz CT molecular complexity index is 1490. The molecule has 1 saturated carbocycles. The third-order valence-electron chi connectivity index (χ3n) is 6.39. The first-order valence-corrected chi connectivity index (χ1v) is 11.2. The van der Waals surface area contributed by atoms with E-state index in [1.165, 1.54) is 7.11 Å². The lowest BCUT2D eigenvalue weighted by Gasteiger charge is -2.30. The van der Waals surface area contributed by atoms with Crippen LogP contribution in [0.3, 0.4) is 0 Å². The molecule has 5 rings (SSSR count). The highest BCUT2D eigenvalue weighted by Gasteiger charge is 2.37. The molecule has 2 aromatic carbocycles. The van der Waals surface area contributed by atoms with Crippen LogP contribution in [0.4, 0.5) is 5.69 Å². The van der Waals surface area contributed by atoms with Gasteiger partial charge in [-0.25, -0.2) is 14.8 Å². The van der Waals surface area contributed by atoms with Gasteiger partial charge in [0.2, 0.25) is 0 Å². The summed E-state index contributed by atoms with van der Waals surface area (Å²) in [6.07, 6.45) is 5.44. The maximum atomic E-state index is 12.2. The molecule has 2 aromatic heterocycles. The molecule has 1 fully saturated rings. The standard InChI is InChI=1S/C27H23N5O3/c1-29-20-9-6-18(7-10-20)27(33,24-14-30-16-32(24)2)19-8-11-23-21(12-19)22(13-28)25(26(31-23)34-3)35-15-17-4-5-17/h6-12,14,16-17,33H,4-5,15H2,2-3H3. The number of nitrogens with zero attached hydrogens (tertiary/aromatic N) is 5. The Balaban J connectivity index is 1.72. The van der Waals surface area contributed by atoms with Crippen LogP contribution >= 0.6 is 0 Å². The molecule has 1 aliphatic carbocycles. The Morgan fingerprint density at radius 2 is 1.97 bits per heavy atom. The fourth-order valence-electron chi connectivity index (χ4n) is 4.26. The Morgan fingerprint density at radius 1 is 1.23 bits per heavy atom. The molecule has 0 amide bonds. The molecule has 174 valence electrons. The summed E-state index contributed by atoms with van der Waals surface area (Å²) < 4.78 is 13.2. The molecule has 0 aliphatic heterocycles. The predicted octanol–water partition coefficient (Wildman–Crippen LogP) is 4.47. The van der Waals surface area contributed by atoms with Crippen molar-refractivity contribution in [1.82, 2.24) is 14.5 Å². The molecule has 0 saturated heterocycles. The van der Waals surface area contributed by atoms with Crippen molar-refractivity contribution in [3.63, 3.8) is 0 Å². The number of hydrogen-bond acceptors (Lipinski definition) is 6. The van der Waals surface area contributed by atoms with Crippen molar-refractivity contribution < 1.29 is 14.6 Å². The summed E-state index contributed by atoms with van der Waals surface area (Å²) in [7, 11) is 3.31. The number of rotatable bonds is 7. The summed E-state index contributed by atoms with van der Waals surface area (Å²) in [5.74, 6) is 1.07. The lowest BCUT2D eigenvalue weighted by molar-refractivity contribution is 0.117. The number of fused-ring (bicyclic) bond motifs is 1. The average molecular weight is 466 g/mol. The fraction of sp³-hybridized carbons (Fsp3) is 0.259. The van der Waals surface area contributed by atoms with Gasteiger partial charge in [0.1, 0.15) is 11.6 Å². The highest BCUT2D eigenvalue weighted by atomic mass is 16.5. The van der Waals surface area contributed by atoms with Gasteiger partial charge in [0.25, 0.3) is 5.88 Å². The number of pyridine rings is 1. The van der Waals surface area contributed by atoms with E-state index < -0.39 is 5.60 Å². The zero-order valence-corrected chi connectivity index (χ0v) is 19.4. The molecule has 0 bridgehead atoms. The number of methoxy groups -OCH3 is 1. The number of hydrogen-bond donors (Lipinski definition) is 1. The normalized spacial score (nSPS) is 14.7. The van der Waals surface area contributed by atoms with Crippen molar-refractivity contribution in [2.45, 2.75) is 18.4 Å². The molecule has 0 spiro atoms. The van der Waals surface area contributed by atoms with Crippen LogP contribution in [-0.4, -0.2) is 33.4 Å². The maximum absolute atomic E-state index is 12.2. The summed E-state index contributed by atoms with van der Waals surface area (Å²) in [5.41, 5.74) is 1.38. The van der Waals surface area contributed by atoms with Crippen LogP contribution in [0, 0.1) is 23.8 Å². The number of aromatic nitrogens is 3. The molecule has 4 aromatic rings. The SMILES string of the molecule is [C-]#[N+]c1ccc(C(O)(c2ccc3nc(OC)c(OCC4CC4)c(C#N)c3c2)c2cncn2C)cc1. The molecular weight excluding hydrogens is 442 g/mol. The summed E-state index contributed by atoms with van der Waals surface area (Å²) >= 11 is 0. The number of ether oxygens (including phenoxy) is 2. The van der Waals surface area contributed by atoms with Crippen molar-refractivity contribution >= 4 is 16.6 Å². The number of benzene rings is 2. The van der Waals surface area contributed by atoms with Gasteiger partial charge in [-0.1, -0.05) is 30.3 Å². The summed E-state index contributed by atoms with van der Waals surface area (Å²) in [6.45, 7) is 7.75. The zero-order chi connectivity index (χ0) is 24.6. The van der Waals surface area contributed by atoms with Gasteiger partial charge >= 0.3 is 0 Å². The molecular formula is C27H23N5O3. The van der Waals surface area contributed by atoms with E-state index in [1.807, 2.05) is 0 Å². The molecule has 8 nitrogen and oxygen atoms in total. The number of aliphatic hydroxyl groups is 1. The van der Waals surface area contributed by atoms with Crippen LogP contribution in [0.2, 0.25) is 0 Å². The van der Waals surface area contributed by atoms with Crippen molar-refractivity contribution in [3.05, 3.63) is 88.8 Å². The van der Waals surface area contributed by atoms with Crippen molar-refractivity contribution in [3.8, 4) is 17.7 Å². The van der Waals surface area contributed by atoms with Gasteiger partial charge in [-0.05, 0) is 42.0 Å². The number of aryl methyl sites for hydroxylation is 1. The Labute approximate surface area is 202 Å². The molecule has 1 N–H and O–H groups in total. The maximum Gasteiger partial charge on any atom is 0.258 e. The van der Waals surface area contributed by atoms with Crippen molar-refractivity contribution in [2.75, 3.05) is 13.7 Å². The van der Waals surface area contributed by atoms with E-state index >= 15 is 0 Å². The fourth-order valence-corrected chi connectivity index (χ4v) is 4.26. The van der Waals surface area contributed by atoms with Gasteiger partial charge < -0.3 is 19.1 Å². The molecule has 35 heavy (non-hydrogen) atoms. The van der Waals surface area contributed by atoms with Gasteiger partial charge in [-0.15, -0.1) is 0 Å². The second kappa shape index (κ2) is 8.75. The average Bonchev–Trinajstić information content (AvgIpc) is 3.63. The van der Waals surface area contributed by atoms with Crippen LogP contribution in [0.1, 0.15) is 35.2 Å². The minimum Gasteiger partial charge on any atom is -0.487 e.